The van der Waals surface area contributed by atoms with Crippen LogP contribution in [0.5, 0.6) is 0 Å². The fraction of sp³-hybridized carbons (Fsp3) is 0.727. The molecule has 27 heavy (non-hydrogen) atoms. The third kappa shape index (κ3) is 13.1. The van der Waals surface area contributed by atoms with E-state index in [2.05, 4.69) is 13.8 Å². The molecule has 1 aromatic rings. The van der Waals surface area contributed by atoms with Gasteiger partial charge in [-0.2, -0.15) is 8.42 Å². The standard InChI is InChI=1S/C22H38O3S.Na.H/c1-3-5-7-9-11-13-20(12-10-8-6-4-2)14-15-21-16-18-22(19-17-21)26(23,24)25;;/h16-20H,3-15H2,1-2H3,(H,23,24,25);;/q;+1;-1. The van der Waals surface area contributed by atoms with Gasteiger partial charge >= 0.3 is 29.6 Å². The second-order valence-electron chi connectivity index (χ2n) is 7.58. The molecule has 0 saturated heterocycles. The van der Waals surface area contributed by atoms with E-state index >= 15 is 0 Å². The Labute approximate surface area is 191 Å². The number of aryl methyl sites for hydroxylation is 1. The molecule has 3 nitrogen and oxygen atoms in total. The maximum atomic E-state index is 11.1. The Morgan fingerprint density at radius 3 is 1.78 bits per heavy atom. The molecule has 0 aliphatic rings. The summed E-state index contributed by atoms with van der Waals surface area (Å²) in [5.41, 5.74) is 1.15. The molecule has 0 aromatic heterocycles. The largest absolute Gasteiger partial charge is 1.00 e. The molecule has 0 amide bonds. The summed E-state index contributed by atoms with van der Waals surface area (Å²) < 4.78 is 31.3. The molecule has 0 bridgehead atoms. The summed E-state index contributed by atoms with van der Waals surface area (Å²) in [6, 6.07) is 6.67. The fourth-order valence-electron chi connectivity index (χ4n) is 3.53. The summed E-state index contributed by atoms with van der Waals surface area (Å²) in [5, 5.41) is 0. The minimum Gasteiger partial charge on any atom is -1.00 e. The van der Waals surface area contributed by atoms with Crippen LogP contribution in [0.15, 0.2) is 29.2 Å². The van der Waals surface area contributed by atoms with Crippen molar-refractivity contribution >= 4 is 10.1 Å². The van der Waals surface area contributed by atoms with Crippen molar-refractivity contribution in [3.05, 3.63) is 29.8 Å². The second kappa shape index (κ2) is 16.0. The van der Waals surface area contributed by atoms with Gasteiger partial charge in [0.25, 0.3) is 10.1 Å². The summed E-state index contributed by atoms with van der Waals surface area (Å²) in [6.45, 7) is 4.51. The van der Waals surface area contributed by atoms with Crippen molar-refractivity contribution in [2.75, 3.05) is 0 Å². The average molecular weight is 407 g/mol. The molecule has 0 radical (unpaired) electrons. The van der Waals surface area contributed by atoms with Gasteiger partial charge in [-0.15, -0.1) is 0 Å². The van der Waals surface area contributed by atoms with Gasteiger partial charge in [-0.3, -0.25) is 4.55 Å². The number of rotatable bonds is 15. The Balaban J connectivity index is 0. The van der Waals surface area contributed by atoms with Crippen molar-refractivity contribution in [1.29, 1.82) is 0 Å². The van der Waals surface area contributed by atoms with E-state index in [0.29, 0.717) is 0 Å². The minimum absolute atomic E-state index is 0. The fourth-order valence-corrected chi connectivity index (χ4v) is 4.01. The molecule has 152 valence electrons. The Morgan fingerprint density at radius 1 is 0.815 bits per heavy atom. The van der Waals surface area contributed by atoms with Crippen LogP contribution in [0.25, 0.3) is 0 Å². The SMILES string of the molecule is CCCCCCCC(CCCCCC)CCc1ccc(S(=O)(=O)O)cc1.[H-].[Na+]. The molecular formula is C22H39NaO3S. The van der Waals surface area contributed by atoms with E-state index in [1.54, 1.807) is 0 Å². The van der Waals surface area contributed by atoms with Crippen LogP contribution in [0.1, 0.15) is 97.9 Å². The van der Waals surface area contributed by atoms with E-state index < -0.39 is 10.1 Å². The first-order valence-corrected chi connectivity index (χ1v) is 12.0. The summed E-state index contributed by atoms with van der Waals surface area (Å²) in [4.78, 5) is -0.0201. The van der Waals surface area contributed by atoms with Crippen molar-refractivity contribution in [2.24, 2.45) is 5.92 Å². The molecule has 0 aliphatic heterocycles. The van der Waals surface area contributed by atoms with E-state index in [-0.39, 0.29) is 35.9 Å². The quantitative estimate of drug-likeness (QED) is 0.273. The first-order chi connectivity index (χ1) is 12.5. The molecule has 1 rings (SSSR count). The second-order valence-corrected chi connectivity index (χ2v) is 9.00. The van der Waals surface area contributed by atoms with Crippen LogP contribution < -0.4 is 29.6 Å². The monoisotopic (exact) mass is 406 g/mol. The van der Waals surface area contributed by atoms with Crippen LogP contribution in [0.2, 0.25) is 0 Å². The van der Waals surface area contributed by atoms with Crippen molar-refractivity contribution in [1.82, 2.24) is 0 Å². The zero-order valence-electron chi connectivity index (χ0n) is 18.8. The summed E-state index contributed by atoms with van der Waals surface area (Å²) in [6.07, 6.45) is 16.8. The Kier molecular flexibility index (Phi) is 16.1. The number of hydrogen-bond donors (Lipinski definition) is 1. The minimum atomic E-state index is -4.09. The Morgan fingerprint density at radius 2 is 1.30 bits per heavy atom. The third-order valence-electron chi connectivity index (χ3n) is 5.24. The van der Waals surface area contributed by atoms with E-state index in [1.807, 2.05) is 12.1 Å². The first kappa shape index (κ1) is 27.1. The zero-order chi connectivity index (χ0) is 19.3. The number of benzene rings is 1. The summed E-state index contributed by atoms with van der Waals surface area (Å²) >= 11 is 0. The Hall–Kier alpha value is 0.130. The maximum absolute atomic E-state index is 11.1. The predicted octanol–water partition coefficient (Wildman–Crippen LogP) is 3.93. The van der Waals surface area contributed by atoms with Gasteiger partial charge in [-0.05, 0) is 36.5 Å². The van der Waals surface area contributed by atoms with Gasteiger partial charge in [0, 0.05) is 0 Å². The van der Waals surface area contributed by atoms with Crippen molar-refractivity contribution in [3.63, 3.8) is 0 Å². The van der Waals surface area contributed by atoms with Gasteiger partial charge in [0.2, 0.25) is 0 Å². The number of hydrogen-bond acceptors (Lipinski definition) is 2. The maximum Gasteiger partial charge on any atom is 1.00 e. The van der Waals surface area contributed by atoms with Crippen LogP contribution in [0.4, 0.5) is 0 Å². The van der Waals surface area contributed by atoms with Gasteiger partial charge in [0.05, 0.1) is 4.90 Å². The van der Waals surface area contributed by atoms with Gasteiger partial charge in [-0.25, -0.2) is 0 Å². The summed E-state index contributed by atoms with van der Waals surface area (Å²) in [7, 11) is -4.09. The number of unbranched alkanes of at least 4 members (excludes halogenated alkanes) is 7. The molecule has 0 aliphatic carbocycles. The molecule has 0 saturated carbocycles. The average Bonchev–Trinajstić information content (AvgIpc) is 2.62. The van der Waals surface area contributed by atoms with E-state index in [9.17, 15) is 8.42 Å². The van der Waals surface area contributed by atoms with E-state index in [0.717, 1.165) is 17.9 Å². The van der Waals surface area contributed by atoms with Crippen LogP contribution in [-0.4, -0.2) is 13.0 Å². The van der Waals surface area contributed by atoms with Gasteiger partial charge < -0.3 is 1.43 Å². The first-order valence-electron chi connectivity index (χ1n) is 10.5. The van der Waals surface area contributed by atoms with Gasteiger partial charge in [0.1, 0.15) is 0 Å². The molecular weight excluding hydrogens is 367 g/mol. The molecule has 0 heterocycles. The molecule has 1 unspecified atom stereocenters. The van der Waals surface area contributed by atoms with Crippen molar-refractivity contribution < 1.29 is 44.0 Å². The molecule has 1 aromatic carbocycles. The van der Waals surface area contributed by atoms with Gasteiger partial charge in [-0.1, -0.05) is 96.6 Å². The molecule has 5 heteroatoms. The van der Waals surface area contributed by atoms with Gasteiger partial charge in [0.15, 0.2) is 0 Å². The molecule has 0 fully saturated rings. The van der Waals surface area contributed by atoms with Crippen molar-refractivity contribution in [2.45, 2.75) is 102 Å². The van der Waals surface area contributed by atoms with Crippen LogP contribution >= 0.6 is 0 Å². The van der Waals surface area contributed by atoms with Crippen LogP contribution in [0, 0.1) is 5.92 Å². The third-order valence-corrected chi connectivity index (χ3v) is 6.11. The van der Waals surface area contributed by atoms with E-state index in [4.69, 9.17) is 4.55 Å². The van der Waals surface area contributed by atoms with Crippen LogP contribution in [-0.2, 0) is 16.5 Å². The molecule has 1 N–H and O–H groups in total. The predicted molar refractivity (Wildman–Crippen MR) is 111 cm³/mol. The smallest absolute Gasteiger partial charge is 1.00 e. The zero-order valence-corrected chi connectivity index (χ0v) is 20.6. The topological polar surface area (TPSA) is 54.4 Å². The molecule has 0 spiro atoms. The van der Waals surface area contributed by atoms with Crippen LogP contribution in [0.3, 0.4) is 0 Å². The molecule has 1 atom stereocenters. The van der Waals surface area contributed by atoms with E-state index in [1.165, 1.54) is 89.2 Å². The Bertz CT molecular complexity index is 576. The normalized spacial score (nSPS) is 12.6. The summed E-state index contributed by atoms with van der Waals surface area (Å²) in [5.74, 6) is 0.773. The van der Waals surface area contributed by atoms with Crippen molar-refractivity contribution in [3.8, 4) is 0 Å².